The van der Waals surface area contributed by atoms with E-state index in [4.69, 9.17) is 0 Å². The molecule has 0 bridgehead atoms. The Labute approximate surface area is 250 Å². The molecule has 0 N–H and O–H groups in total. The lowest BCUT2D eigenvalue weighted by Gasteiger charge is -2.27. The zero-order chi connectivity index (χ0) is 27.9. The first-order valence-corrected chi connectivity index (χ1v) is 16.4. The lowest BCUT2D eigenvalue weighted by atomic mass is 9.77. The van der Waals surface area contributed by atoms with Gasteiger partial charge in [0, 0.05) is 0 Å². The molecule has 6 aromatic rings. The summed E-state index contributed by atoms with van der Waals surface area (Å²) in [7, 11) is 0. The SMILES string of the molecule is c1ccc2cc(-c3c4ccccc4c(-c4cc(C5CCCCC5)cc(C5CCCCC5)c4)c4ccccc34)ccc2c1. The molecule has 208 valence electrons. The average Bonchev–Trinajstić information content (AvgIpc) is 3.07. The van der Waals surface area contributed by atoms with Gasteiger partial charge in [0.2, 0.25) is 0 Å². The minimum absolute atomic E-state index is 0.704. The van der Waals surface area contributed by atoms with Crippen LogP contribution < -0.4 is 0 Å². The van der Waals surface area contributed by atoms with E-state index in [1.807, 2.05) is 0 Å². The van der Waals surface area contributed by atoms with Gasteiger partial charge in [-0.3, -0.25) is 0 Å². The minimum atomic E-state index is 0.704. The Kier molecular flexibility index (Phi) is 6.79. The smallest absolute Gasteiger partial charge is 0.00262 e. The van der Waals surface area contributed by atoms with Crippen molar-refractivity contribution in [3.63, 3.8) is 0 Å². The van der Waals surface area contributed by atoms with Crippen LogP contribution in [0.5, 0.6) is 0 Å². The summed E-state index contributed by atoms with van der Waals surface area (Å²) in [5.41, 5.74) is 8.69. The molecule has 0 heteroatoms. The third-order valence-electron chi connectivity index (χ3n) is 10.4. The molecule has 0 aromatic heterocycles. The third-order valence-corrected chi connectivity index (χ3v) is 10.4. The van der Waals surface area contributed by atoms with E-state index in [1.165, 1.54) is 119 Å². The number of benzene rings is 6. The lowest BCUT2D eigenvalue weighted by molar-refractivity contribution is 0.435. The summed E-state index contributed by atoms with van der Waals surface area (Å²) in [6.45, 7) is 0. The quantitative estimate of drug-likeness (QED) is 0.194. The number of hydrogen-bond acceptors (Lipinski definition) is 0. The van der Waals surface area contributed by atoms with Gasteiger partial charge in [0.15, 0.2) is 0 Å². The Morgan fingerprint density at radius 1 is 0.357 bits per heavy atom. The maximum absolute atomic E-state index is 2.63. The zero-order valence-electron chi connectivity index (χ0n) is 24.6. The first-order valence-electron chi connectivity index (χ1n) is 16.4. The Hall–Kier alpha value is -3.90. The Bertz CT molecular complexity index is 1800. The number of hydrogen-bond donors (Lipinski definition) is 0. The van der Waals surface area contributed by atoms with Crippen molar-refractivity contribution in [2.45, 2.75) is 76.0 Å². The highest BCUT2D eigenvalue weighted by Crippen LogP contribution is 2.46. The summed E-state index contributed by atoms with van der Waals surface area (Å²) in [4.78, 5) is 0. The topological polar surface area (TPSA) is 0 Å². The van der Waals surface area contributed by atoms with Crippen LogP contribution in [0.3, 0.4) is 0 Å². The van der Waals surface area contributed by atoms with Gasteiger partial charge in [0.05, 0.1) is 0 Å². The molecule has 0 amide bonds. The highest BCUT2D eigenvalue weighted by Gasteiger charge is 2.23. The Balaban J connectivity index is 1.40. The van der Waals surface area contributed by atoms with Crippen molar-refractivity contribution >= 4 is 32.3 Å². The molecule has 0 heterocycles. The van der Waals surface area contributed by atoms with Gasteiger partial charge in [-0.1, -0.05) is 142 Å². The molecule has 2 fully saturated rings. The number of rotatable bonds is 4. The second-order valence-electron chi connectivity index (χ2n) is 13.0. The maximum Gasteiger partial charge on any atom is -0.00262 e. The van der Waals surface area contributed by atoms with Crippen LogP contribution in [0.4, 0.5) is 0 Å². The van der Waals surface area contributed by atoms with Crippen molar-refractivity contribution in [1.82, 2.24) is 0 Å². The molecular formula is C42H40. The van der Waals surface area contributed by atoms with Crippen LogP contribution in [-0.2, 0) is 0 Å². The van der Waals surface area contributed by atoms with E-state index < -0.39 is 0 Å². The molecule has 0 saturated heterocycles. The van der Waals surface area contributed by atoms with E-state index in [2.05, 4.69) is 109 Å². The van der Waals surface area contributed by atoms with Gasteiger partial charge in [0.1, 0.15) is 0 Å². The Morgan fingerprint density at radius 2 is 0.810 bits per heavy atom. The van der Waals surface area contributed by atoms with Crippen LogP contribution in [-0.4, -0.2) is 0 Å². The molecule has 42 heavy (non-hydrogen) atoms. The molecular weight excluding hydrogens is 504 g/mol. The standard InChI is InChI=1S/C42H40/c1-3-13-29(14-4-1)34-26-35(30-15-5-2-6-16-30)28-36(27-34)42-39-21-11-9-19-37(39)41(38-20-10-12-22-40(38)42)33-24-23-31-17-7-8-18-32(31)25-33/h7-12,17-30H,1-6,13-16H2. The fourth-order valence-corrected chi connectivity index (χ4v) is 8.26. The highest BCUT2D eigenvalue weighted by atomic mass is 14.3. The van der Waals surface area contributed by atoms with E-state index in [0.717, 1.165) is 0 Å². The van der Waals surface area contributed by atoms with Crippen molar-refractivity contribution in [1.29, 1.82) is 0 Å². The molecule has 0 unspecified atom stereocenters. The van der Waals surface area contributed by atoms with Gasteiger partial charge in [-0.05, 0) is 109 Å². The van der Waals surface area contributed by atoms with Crippen molar-refractivity contribution in [2.75, 3.05) is 0 Å². The molecule has 2 aliphatic carbocycles. The number of fused-ring (bicyclic) bond motifs is 3. The fraction of sp³-hybridized carbons (Fsp3) is 0.286. The molecule has 6 aromatic carbocycles. The molecule has 0 atom stereocenters. The average molecular weight is 545 g/mol. The molecule has 2 aliphatic rings. The van der Waals surface area contributed by atoms with Crippen molar-refractivity contribution < 1.29 is 0 Å². The summed E-state index contributed by atoms with van der Waals surface area (Å²) < 4.78 is 0. The van der Waals surface area contributed by atoms with E-state index in [1.54, 1.807) is 11.1 Å². The van der Waals surface area contributed by atoms with Crippen molar-refractivity contribution in [3.05, 3.63) is 120 Å². The summed E-state index contributed by atoms with van der Waals surface area (Å²) in [5, 5.41) is 8.03. The van der Waals surface area contributed by atoms with Gasteiger partial charge >= 0.3 is 0 Å². The molecule has 2 saturated carbocycles. The van der Waals surface area contributed by atoms with Crippen LogP contribution in [0.25, 0.3) is 54.6 Å². The molecule has 8 rings (SSSR count). The summed E-state index contributed by atoms with van der Waals surface area (Å²) in [6.07, 6.45) is 13.7. The predicted molar refractivity (Wildman–Crippen MR) is 181 cm³/mol. The summed E-state index contributed by atoms with van der Waals surface area (Å²) in [5.74, 6) is 1.41. The van der Waals surface area contributed by atoms with E-state index in [9.17, 15) is 0 Å². The van der Waals surface area contributed by atoms with Gasteiger partial charge < -0.3 is 0 Å². The normalized spacial score (nSPS) is 16.9. The third kappa shape index (κ3) is 4.62. The van der Waals surface area contributed by atoms with E-state index in [-0.39, 0.29) is 0 Å². The van der Waals surface area contributed by atoms with E-state index in [0.29, 0.717) is 11.8 Å². The minimum Gasteiger partial charge on any atom is -0.0616 e. The zero-order valence-corrected chi connectivity index (χ0v) is 24.6. The van der Waals surface area contributed by atoms with Crippen LogP contribution in [0.1, 0.15) is 87.2 Å². The summed E-state index contributed by atoms with van der Waals surface area (Å²) >= 11 is 0. The predicted octanol–water partition coefficient (Wildman–Crippen LogP) is 12.6. The largest absolute Gasteiger partial charge is 0.0616 e. The first-order chi connectivity index (χ1) is 20.8. The maximum atomic E-state index is 2.63. The van der Waals surface area contributed by atoms with Crippen molar-refractivity contribution in [2.24, 2.45) is 0 Å². The molecule has 0 radical (unpaired) electrons. The second-order valence-corrected chi connectivity index (χ2v) is 13.0. The first kappa shape index (κ1) is 25.8. The van der Waals surface area contributed by atoms with E-state index >= 15 is 0 Å². The monoisotopic (exact) mass is 544 g/mol. The second kappa shape index (κ2) is 11.1. The Morgan fingerprint density at radius 3 is 1.33 bits per heavy atom. The highest BCUT2D eigenvalue weighted by molar-refractivity contribution is 6.21. The fourth-order valence-electron chi connectivity index (χ4n) is 8.26. The van der Waals surface area contributed by atoms with Gasteiger partial charge in [-0.25, -0.2) is 0 Å². The van der Waals surface area contributed by atoms with Crippen molar-refractivity contribution in [3.8, 4) is 22.3 Å². The molecule has 0 spiro atoms. The molecule has 0 nitrogen and oxygen atoms in total. The van der Waals surface area contributed by atoms with Gasteiger partial charge in [-0.15, -0.1) is 0 Å². The van der Waals surface area contributed by atoms with Crippen LogP contribution >= 0.6 is 0 Å². The van der Waals surface area contributed by atoms with Crippen LogP contribution in [0, 0.1) is 0 Å². The van der Waals surface area contributed by atoms with Crippen LogP contribution in [0.15, 0.2) is 109 Å². The molecule has 0 aliphatic heterocycles. The lowest BCUT2D eigenvalue weighted by Crippen LogP contribution is -2.09. The van der Waals surface area contributed by atoms with Gasteiger partial charge in [0.25, 0.3) is 0 Å². The summed E-state index contributed by atoms with van der Waals surface area (Å²) in [6, 6.07) is 41.9. The van der Waals surface area contributed by atoms with Gasteiger partial charge in [-0.2, -0.15) is 0 Å². The van der Waals surface area contributed by atoms with Crippen LogP contribution in [0.2, 0.25) is 0 Å².